The molecular formula is C18H27F9O2. The van der Waals surface area contributed by atoms with Gasteiger partial charge in [0.25, 0.3) is 0 Å². The first kappa shape index (κ1) is 26.3. The summed E-state index contributed by atoms with van der Waals surface area (Å²) in [6, 6.07) is 0. The summed E-state index contributed by atoms with van der Waals surface area (Å²) in [5, 5.41) is 0. The van der Waals surface area contributed by atoms with Crippen molar-refractivity contribution in [2.75, 3.05) is 19.8 Å². The molecule has 1 unspecified atom stereocenters. The van der Waals surface area contributed by atoms with E-state index in [1.165, 1.54) is 0 Å². The van der Waals surface area contributed by atoms with Crippen molar-refractivity contribution in [1.29, 1.82) is 0 Å². The van der Waals surface area contributed by atoms with Crippen LogP contribution in [-0.4, -0.2) is 49.9 Å². The fourth-order valence-corrected chi connectivity index (χ4v) is 2.99. The Morgan fingerprint density at radius 1 is 0.724 bits per heavy atom. The molecule has 0 N–H and O–H groups in total. The smallest absolute Gasteiger partial charge is 0.379 e. The predicted molar refractivity (Wildman–Crippen MR) is 87.6 cm³/mol. The molecule has 0 bridgehead atoms. The van der Waals surface area contributed by atoms with Crippen LogP contribution in [0, 0.1) is 0 Å². The minimum Gasteiger partial charge on any atom is -0.379 e. The zero-order chi connectivity index (χ0) is 22.2. The van der Waals surface area contributed by atoms with Crippen LogP contribution in [0.4, 0.5) is 39.5 Å². The lowest BCUT2D eigenvalue weighted by atomic mass is 9.98. The molecule has 1 atom stereocenters. The SMILES string of the molecule is FC(F)(F)C(F)(F)C(F)(F)C(F)(F)CCCCCCCCCOCC1CCCO1. The van der Waals surface area contributed by atoms with E-state index in [0.717, 1.165) is 38.7 Å². The van der Waals surface area contributed by atoms with Crippen molar-refractivity contribution in [1.82, 2.24) is 0 Å². The zero-order valence-corrected chi connectivity index (χ0v) is 16.0. The number of unbranched alkanes of at least 4 members (excludes halogenated alkanes) is 6. The lowest BCUT2D eigenvalue weighted by Crippen LogP contribution is -2.60. The molecule has 0 aromatic heterocycles. The monoisotopic (exact) mass is 446 g/mol. The number of hydrogen-bond acceptors (Lipinski definition) is 2. The molecule has 0 aromatic rings. The highest BCUT2D eigenvalue weighted by Crippen LogP contribution is 2.54. The van der Waals surface area contributed by atoms with Crippen LogP contribution in [0.3, 0.4) is 0 Å². The first-order valence-electron chi connectivity index (χ1n) is 9.72. The summed E-state index contributed by atoms with van der Waals surface area (Å²) in [5.74, 6) is -18.7. The second-order valence-electron chi connectivity index (χ2n) is 7.29. The van der Waals surface area contributed by atoms with Gasteiger partial charge in [-0.1, -0.05) is 32.1 Å². The standard InChI is InChI=1S/C18H27F9O2/c19-15(20,16(21,22)17(23,24)18(25,26)27)10-6-4-2-1-3-5-7-11-28-13-14-9-8-12-29-14/h14H,1-13H2. The number of hydrogen-bond donors (Lipinski definition) is 0. The quantitative estimate of drug-likeness (QED) is 0.217. The van der Waals surface area contributed by atoms with E-state index in [1.807, 2.05) is 0 Å². The number of ether oxygens (including phenoxy) is 2. The van der Waals surface area contributed by atoms with Crippen molar-refractivity contribution < 1.29 is 49.0 Å². The van der Waals surface area contributed by atoms with Gasteiger partial charge >= 0.3 is 23.9 Å². The molecule has 0 aromatic carbocycles. The molecule has 0 spiro atoms. The van der Waals surface area contributed by atoms with Gasteiger partial charge in [0.05, 0.1) is 12.7 Å². The molecule has 0 saturated carbocycles. The van der Waals surface area contributed by atoms with Crippen LogP contribution < -0.4 is 0 Å². The Hall–Kier alpha value is -0.710. The van der Waals surface area contributed by atoms with Gasteiger partial charge in [-0.25, -0.2) is 0 Å². The van der Waals surface area contributed by atoms with Crippen LogP contribution in [0.1, 0.15) is 64.2 Å². The van der Waals surface area contributed by atoms with E-state index >= 15 is 0 Å². The highest BCUT2D eigenvalue weighted by atomic mass is 19.4. The van der Waals surface area contributed by atoms with E-state index in [0.29, 0.717) is 26.1 Å². The van der Waals surface area contributed by atoms with Gasteiger partial charge in [0.2, 0.25) is 0 Å². The van der Waals surface area contributed by atoms with Gasteiger partial charge in [-0.15, -0.1) is 0 Å². The van der Waals surface area contributed by atoms with E-state index in [9.17, 15) is 39.5 Å². The van der Waals surface area contributed by atoms with E-state index in [2.05, 4.69) is 0 Å². The van der Waals surface area contributed by atoms with Crippen LogP contribution in [-0.2, 0) is 9.47 Å². The van der Waals surface area contributed by atoms with Crippen molar-refractivity contribution in [2.24, 2.45) is 0 Å². The Labute approximate surface area is 164 Å². The lowest BCUT2D eigenvalue weighted by Gasteiger charge is -2.33. The van der Waals surface area contributed by atoms with Gasteiger partial charge in [-0.3, -0.25) is 0 Å². The second-order valence-corrected chi connectivity index (χ2v) is 7.29. The topological polar surface area (TPSA) is 18.5 Å². The first-order valence-corrected chi connectivity index (χ1v) is 9.72. The minimum atomic E-state index is -6.80. The summed E-state index contributed by atoms with van der Waals surface area (Å²) in [7, 11) is 0. The van der Waals surface area contributed by atoms with Crippen LogP contribution in [0.25, 0.3) is 0 Å². The first-order chi connectivity index (χ1) is 13.3. The summed E-state index contributed by atoms with van der Waals surface area (Å²) in [6.07, 6.45) is -3.47. The Bertz CT molecular complexity index is 461. The molecule has 0 aliphatic carbocycles. The summed E-state index contributed by atoms with van der Waals surface area (Å²) < 4.78 is 125. The maximum Gasteiger partial charge on any atom is 0.460 e. The molecule has 1 rings (SSSR count). The summed E-state index contributed by atoms with van der Waals surface area (Å²) in [6.45, 7) is 1.86. The number of halogens is 9. The Kier molecular flexibility index (Phi) is 10.0. The van der Waals surface area contributed by atoms with Crippen molar-refractivity contribution in [3.8, 4) is 0 Å². The van der Waals surface area contributed by atoms with Crippen LogP contribution in [0.15, 0.2) is 0 Å². The zero-order valence-electron chi connectivity index (χ0n) is 16.0. The molecule has 2 nitrogen and oxygen atoms in total. The fraction of sp³-hybridized carbons (Fsp3) is 1.00. The Morgan fingerprint density at radius 2 is 1.28 bits per heavy atom. The Balaban J connectivity index is 2.12. The Morgan fingerprint density at radius 3 is 1.79 bits per heavy atom. The maximum atomic E-state index is 13.3. The largest absolute Gasteiger partial charge is 0.460 e. The van der Waals surface area contributed by atoms with Gasteiger partial charge in [0.1, 0.15) is 0 Å². The normalized spacial score (nSPS) is 19.1. The maximum absolute atomic E-state index is 13.3. The van der Waals surface area contributed by atoms with E-state index in [4.69, 9.17) is 9.47 Å². The van der Waals surface area contributed by atoms with Crippen molar-refractivity contribution in [2.45, 2.75) is 94.3 Å². The van der Waals surface area contributed by atoms with E-state index < -0.39 is 36.8 Å². The average molecular weight is 446 g/mol. The average Bonchev–Trinajstić information content (AvgIpc) is 3.11. The fourth-order valence-electron chi connectivity index (χ4n) is 2.99. The molecule has 0 amide bonds. The summed E-state index contributed by atoms with van der Waals surface area (Å²) >= 11 is 0. The van der Waals surface area contributed by atoms with Gasteiger partial charge < -0.3 is 9.47 Å². The lowest BCUT2D eigenvalue weighted by molar-refractivity contribution is -0.396. The summed E-state index contributed by atoms with van der Waals surface area (Å²) in [5.41, 5.74) is 0. The van der Waals surface area contributed by atoms with E-state index in [1.54, 1.807) is 0 Å². The molecule has 0 radical (unpaired) electrons. The molecule has 1 fully saturated rings. The second kappa shape index (κ2) is 11.1. The van der Waals surface area contributed by atoms with Crippen LogP contribution >= 0.6 is 0 Å². The van der Waals surface area contributed by atoms with Gasteiger partial charge in [0, 0.05) is 19.6 Å². The predicted octanol–water partition coefficient (Wildman–Crippen LogP) is 6.77. The third-order valence-corrected chi connectivity index (χ3v) is 4.82. The van der Waals surface area contributed by atoms with Crippen molar-refractivity contribution in [3.05, 3.63) is 0 Å². The molecule has 11 heteroatoms. The molecule has 1 saturated heterocycles. The molecule has 1 heterocycles. The molecule has 1 aliphatic rings. The molecule has 29 heavy (non-hydrogen) atoms. The van der Waals surface area contributed by atoms with Crippen LogP contribution in [0.5, 0.6) is 0 Å². The van der Waals surface area contributed by atoms with Gasteiger partial charge in [0.15, 0.2) is 0 Å². The van der Waals surface area contributed by atoms with Crippen LogP contribution in [0.2, 0.25) is 0 Å². The molecular weight excluding hydrogens is 419 g/mol. The van der Waals surface area contributed by atoms with E-state index in [-0.39, 0.29) is 12.5 Å². The summed E-state index contributed by atoms with van der Waals surface area (Å²) in [4.78, 5) is 0. The van der Waals surface area contributed by atoms with Gasteiger partial charge in [-0.05, 0) is 25.7 Å². The number of rotatable bonds is 14. The van der Waals surface area contributed by atoms with Crippen molar-refractivity contribution >= 4 is 0 Å². The molecule has 1 aliphatic heterocycles. The number of alkyl halides is 9. The molecule has 174 valence electrons. The van der Waals surface area contributed by atoms with Crippen molar-refractivity contribution in [3.63, 3.8) is 0 Å². The third-order valence-electron chi connectivity index (χ3n) is 4.82. The minimum absolute atomic E-state index is 0.0405. The highest BCUT2D eigenvalue weighted by Gasteiger charge is 2.81. The third kappa shape index (κ3) is 7.48. The highest BCUT2D eigenvalue weighted by molar-refractivity contribution is 5.00. The van der Waals surface area contributed by atoms with Gasteiger partial charge in [-0.2, -0.15) is 39.5 Å².